The Balaban J connectivity index is 1.85. The van der Waals surface area contributed by atoms with Gasteiger partial charge in [0.2, 0.25) is 5.12 Å². The molecule has 0 radical (unpaired) electrons. The highest BCUT2D eigenvalue weighted by Crippen LogP contribution is 2.30. The number of Topliss-reactive ketones (excluding diaryl/α,β-unsaturated/α-hetero) is 1. The van der Waals surface area contributed by atoms with Gasteiger partial charge in [0.15, 0.2) is 5.78 Å². The summed E-state index contributed by atoms with van der Waals surface area (Å²) in [5.74, 6) is 0.550. The van der Waals surface area contributed by atoms with Crippen LogP contribution < -0.4 is 10.3 Å². The highest BCUT2D eigenvalue weighted by Gasteiger charge is 2.21. The minimum Gasteiger partial charge on any atom is -0.492 e. The molecule has 0 spiro atoms. The summed E-state index contributed by atoms with van der Waals surface area (Å²) in [5.41, 5.74) is 0.258. The molecule has 0 unspecified atom stereocenters. The van der Waals surface area contributed by atoms with Crippen molar-refractivity contribution in [3.63, 3.8) is 0 Å². The number of hydrogen-bond acceptors (Lipinski definition) is 5. The van der Waals surface area contributed by atoms with Crippen LogP contribution in [0.5, 0.6) is 5.75 Å². The van der Waals surface area contributed by atoms with Gasteiger partial charge in [-0.15, -0.1) is 0 Å². The molecule has 0 amide bonds. The highest BCUT2D eigenvalue weighted by atomic mass is 32.2. The molecule has 1 aliphatic heterocycles. The van der Waals surface area contributed by atoms with Crippen molar-refractivity contribution in [3.8, 4) is 5.75 Å². The van der Waals surface area contributed by atoms with E-state index in [1.165, 1.54) is 10.9 Å². The molecule has 3 rings (SSSR count). The SMILES string of the molecule is CCn1[nH]cc(C(=O)Sc2ccc3c(c2)C(=O)CCO3)c1=O. The average molecular weight is 318 g/mol. The van der Waals surface area contributed by atoms with Crippen LogP contribution in [0.4, 0.5) is 0 Å². The molecule has 0 atom stereocenters. The zero-order valence-corrected chi connectivity index (χ0v) is 12.7. The number of nitrogens with one attached hydrogen (secondary N) is 1. The summed E-state index contributed by atoms with van der Waals surface area (Å²) in [5, 5.41) is 2.39. The summed E-state index contributed by atoms with van der Waals surface area (Å²) in [6.45, 7) is 2.67. The van der Waals surface area contributed by atoms with Crippen molar-refractivity contribution in [1.82, 2.24) is 9.78 Å². The third kappa shape index (κ3) is 2.59. The molecule has 1 N–H and O–H groups in total. The number of hydrogen-bond donors (Lipinski definition) is 1. The van der Waals surface area contributed by atoms with Gasteiger partial charge in [-0.05, 0) is 36.9 Å². The van der Waals surface area contributed by atoms with E-state index in [0.29, 0.717) is 35.8 Å². The van der Waals surface area contributed by atoms with Crippen molar-refractivity contribution in [2.45, 2.75) is 24.8 Å². The van der Waals surface area contributed by atoms with Gasteiger partial charge in [0.05, 0.1) is 12.2 Å². The number of aromatic nitrogens is 2. The van der Waals surface area contributed by atoms with E-state index in [-0.39, 0.29) is 22.0 Å². The van der Waals surface area contributed by atoms with E-state index >= 15 is 0 Å². The van der Waals surface area contributed by atoms with Gasteiger partial charge in [0, 0.05) is 24.1 Å². The van der Waals surface area contributed by atoms with Crippen molar-refractivity contribution >= 4 is 22.7 Å². The summed E-state index contributed by atoms with van der Waals surface area (Å²) < 4.78 is 6.76. The molecular weight excluding hydrogens is 304 g/mol. The molecule has 22 heavy (non-hydrogen) atoms. The van der Waals surface area contributed by atoms with E-state index < -0.39 is 0 Å². The largest absolute Gasteiger partial charge is 0.492 e. The van der Waals surface area contributed by atoms with Crippen molar-refractivity contribution in [2.24, 2.45) is 0 Å². The second kappa shape index (κ2) is 5.84. The van der Waals surface area contributed by atoms with Gasteiger partial charge in [-0.1, -0.05) is 0 Å². The average Bonchev–Trinajstić information content (AvgIpc) is 2.89. The fourth-order valence-corrected chi connectivity index (χ4v) is 3.04. The lowest BCUT2D eigenvalue weighted by molar-refractivity contribution is 0.0932. The summed E-state index contributed by atoms with van der Waals surface area (Å²) in [7, 11) is 0. The molecule has 0 saturated heterocycles. The fourth-order valence-electron chi connectivity index (χ4n) is 2.26. The first kappa shape index (κ1) is 14.6. The summed E-state index contributed by atoms with van der Waals surface area (Å²) in [6.07, 6.45) is 1.75. The van der Waals surface area contributed by atoms with E-state index in [9.17, 15) is 14.4 Å². The van der Waals surface area contributed by atoms with Crippen LogP contribution in [0.25, 0.3) is 0 Å². The molecule has 0 saturated carbocycles. The second-order valence-electron chi connectivity index (χ2n) is 4.81. The Bertz CT molecular complexity index is 806. The highest BCUT2D eigenvalue weighted by molar-refractivity contribution is 8.14. The predicted molar refractivity (Wildman–Crippen MR) is 81.8 cm³/mol. The minimum absolute atomic E-state index is 0.00568. The quantitative estimate of drug-likeness (QED) is 0.877. The molecule has 0 bridgehead atoms. The Morgan fingerprint density at radius 1 is 1.41 bits per heavy atom. The zero-order chi connectivity index (χ0) is 15.7. The van der Waals surface area contributed by atoms with Gasteiger partial charge in [-0.3, -0.25) is 19.1 Å². The number of nitrogens with zero attached hydrogens (tertiary/aromatic N) is 1. The number of aromatic amines is 1. The molecule has 0 fully saturated rings. The number of ketones is 1. The van der Waals surface area contributed by atoms with Gasteiger partial charge >= 0.3 is 0 Å². The standard InChI is InChI=1S/C15H14N2O4S/c1-2-17-14(19)11(8-16-17)15(20)22-9-3-4-13-10(7-9)12(18)5-6-21-13/h3-4,7-8,16H,2,5-6H2,1H3. The van der Waals surface area contributed by atoms with Crippen molar-refractivity contribution in [3.05, 3.63) is 45.9 Å². The molecular formula is C15H14N2O4S. The summed E-state index contributed by atoms with van der Waals surface area (Å²) >= 11 is 0.930. The normalized spacial score (nSPS) is 13.6. The topological polar surface area (TPSA) is 81.2 Å². The second-order valence-corrected chi connectivity index (χ2v) is 5.85. The lowest BCUT2D eigenvalue weighted by Crippen LogP contribution is -2.19. The van der Waals surface area contributed by atoms with Crippen molar-refractivity contribution in [1.29, 1.82) is 0 Å². The van der Waals surface area contributed by atoms with E-state index in [2.05, 4.69) is 5.10 Å². The number of ether oxygens (including phenoxy) is 1. The Morgan fingerprint density at radius 3 is 2.95 bits per heavy atom. The number of H-pyrrole nitrogens is 1. The third-order valence-electron chi connectivity index (χ3n) is 3.43. The lowest BCUT2D eigenvalue weighted by atomic mass is 10.1. The molecule has 6 nitrogen and oxygen atoms in total. The lowest BCUT2D eigenvalue weighted by Gasteiger charge is -2.16. The number of carbonyl (C=O) groups is 2. The van der Waals surface area contributed by atoms with Crippen LogP contribution >= 0.6 is 11.8 Å². The number of benzene rings is 1. The number of fused-ring (bicyclic) bond motifs is 1. The maximum absolute atomic E-state index is 12.2. The predicted octanol–water partition coefficient (Wildman–Crippen LogP) is 2.09. The Hall–Kier alpha value is -2.28. The summed E-state index contributed by atoms with van der Waals surface area (Å²) in [4.78, 5) is 36.6. The van der Waals surface area contributed by atoms with Crippen LogP contribution in [-0.4, -0.2) is 27.3 Å². The zero-order valence-electron chi connectivity index (χ0n) is 11.9. The smallest absolute Gasteiger partial charge is 0.278 e. The molecule has 1 aromatic carbocycles. The van der Waals surface area contributed by atoms with Crippen molar-refractivity contribution < 1.29 is 14.3 Å². The molecule has 0 aliphatic carbocycles. The Labute approximate surface area is 130 Å². The van der Waals surface area contributed by atoms with Crippen molar-refractivity contribution in [2.75, 3.05) is 6.61 Å². The molecule has 7 heteroatoms. The summed E-state index contributed by atoms with van der Waals surface area (Å²) in [6, 6.07) is 5.04. The first-order chi connectivity index (χ1) is 10.6. The molecule has 2 heterocycles. The first-order valence-electron chi connectivity index (χ1n) is 6.90. The molecule has 2 aromatic rings. The van der Waals surface area contributed by atoms with Gasteiger partial charge in [-0.2, -0.15) is 0 Å². The van der Waals surface area contributed by atoms with Crippen LogP contribution in [0.3, 0.4) is 0 Å². The van der Waals surface area contributed by atoms with Crippen LogP contribution in [0, 0.1) is 0 Å². The number of carbonyl (C=O) groups excluding carboxylic acids is 2. The van der Waals surface area contributed by atoms with Crippen LogP contribution in [0.15, 0.2) is 34.1 Å². The molecule has 1 aliphatic rings. The fraction of sp³-hybridized carbons (Fsp3) is 0.267. The maximum Gasteiger partial charge on any atom is 0.278 e. The minimum atomic E-state index is -0.349. The van der Waals surface area contributed by atoms with E-state index in [1.807, 2.05) is 6.92 Å². The Morgan fingerprint density at radius 2 is 2.23 bits per heavy atom. The third-order valence-corrected chi connectivity index (χ3v) is 4.32. The van der Waals surface area contributed by atoms with E-state index in [4.69, 9.17) is 4.74 Å². The number of thioether (sulfide) groups is 1. The molecule has 1 aromatic heterocycles. The van der Waals surface area contributed by atoms with E-state index in [0.717, 1.165) is 11.8 Å². The first-order valence-corrected chi connectivity index (χ1v) is 7.72. The number of rotatable bonds is 3. The van der Waals surface area contributed by atoms with E-state index in [1.54, 1.807) is 18.2 Å². The van der Waals surface area contributed by atoms with Crippen LogP contribution in [-0.2, 0) is 6.54 Å². The van der Waals surface area contributed by atoms with Crippen LogP contribution in [0.1, 0.15) is 34.1 Å². The number of aryl methyl sites for hydroxylation is 1. The molecule has 114 valence electrons. The van der Waals surface area contributed by atoms with Gasteiger partial charge in [-0.25, -0.2) is 0 Å². The Kier molecular flexibility index (Phi) is 3.89. The van der Waals surface area contributed by atoms with Gasteiger partial charge in [0.25, 0.3) is 5.56 Å². The maximum atomic E-state index is 12.2. The van der Waals surface area contributed by atoms with Gasteiger partial charge < -0.3 is 9.84 Å². The monoisotopic (exact) mass is 318 g/mol. The van der Waals surface area contributed by atoms with Gasteiger partial charge in [0.1, 0.15) is 11.3 Å². The van der Waals surface area contributed by atoms with Crippen LogP contribution in [0.2, 0.25) is 0 Å².